The van der Waals surface area contributed by atoms with Crippen molar-refractivity contribution < 1.29 is 22.6 Å². The largest absolute Gasteiger partial charge is 0.411 e. The van der Waals surface area contributed by atoms with Crippen molar-refractivity contribution in [3.05, 3.63) is 0 Å². The zero-order valence-corrected chi connectivity index (χ0v) is 10.6. The van der Waals surface area contributed by atoms with Crippen molar-refractivity contribution in [3.8, 4) is 0 Å². The highest BCUT2D eigenvalue weighted by Crippen LogP contribution is 2.14. The first-order valence-electron chi connectivity index (χ1n) is 5.84. The van der Waals surface area contributed by atoms with Crippen molar-refractivity contribution in [2.24, 2.45) is 0 Å². The molecule has 1 atom stereocenters. The quantitative estimate of drug-likeness (QED) is 0.643. The number of rotatable bonds is 9. The van der Waals surface area contributed by atoms with Crippen molar-refractivity contribution in [1.29, 1.82) is 0 Å². The Kier molecular flexibility index (Phi) is 8.55. The molecular formula is C11H22F3NO2. The van der Waals surface area contributed by atoms with Crippen molar-refractivity contribution in [1.82, 2.24) is 5.32 Å². The highest BCUT2D eigenvalue weighted by molar-refractivity contribution is 4.65. The van der Waals surface area contributed by atoms with Crippen LogP contribution < -0.4 is 5.32 Å². The summed E-state index contributed by atoms with van der Waals surface area (Å²) < 4.78 is 45.4. The minimum atomic E-state index is -4.25. The summed E-state index contributed by atoms with van der Waals surface area (Å²) in [5.41, 5.74) is 0. The molecule has 0 aliphatic heterocycles. The second-order valence-electron chi connectivity index (χ2n) is 4.09. The number of hydrogen-bond acceptors (Lipinski definition) is 3. The molecule has 0 radical (unpaired) electrons. The van der Waals surface area contributed by atoms with Crippen LogP contribution in [0.3, 0.4) is 0 Å². The number of halogens is 3. The lowest BCUT2D eigenvalue weighted by atomic mass is 10.2. The highest BCUT2D eigenvalue weighted by Gasteiger charge is 2.27. The zero-order valence-electron chi connectivity index (χ0n) is 10.6. The number of ether oxygens (including phenoxy) is 2. The van der Waals surface area contributed by atoms with Gasteiger partial charge in [0.25, 0.3) is 0 Å². The molecule has 0 aromatic heterocycles. The molecule has 0 fully saturated rings. The van der Waals surface area contributed by atoms with E-state index in [4.69, 9.17) is 4.74 Å². The molecule has 0 aromatic rings. The van der Waals surface area contributed by atoms with Gasteiger partial charge in [0.2, 0.25) is 0 Å². The normalized spacial score (nSPS) is 14.3. The Labute approximate surface area is 101 Å². The molecule has 0 saturated heterocycles. The van der Waals surface area contributed by atoms with E-state index in [9.17, 15) is 13.2 Å². The predicted molar refractivity (Wildman–Crippen MR) is 60.0 cm³/mol. The third-order valence-corrected chi connectivity index (χ3v) is 2.00. The molecular weight excluding hydrogens is 235 g/mol. The van der Waals surface area contributed by atoms with Gasteiger partial charge < -0.3 is 14.8 Å². The minimum absolute atomic E-state index is 0.0376. The lowest BCUT2D eigenvalue weighted by Crippen LogP contribution is -2.35. The Morgan fingerprint density at radius 2 is 1.88 bits per heavy atom. The summed E-state index contributed by atoms with van der Waals surface area (Å²) >= 11 is 0. The Bertz CT molecular complexity index is 186. The molecule has 1 unspecified atom stereocenters. The van der Waals surface area contributed by atoms with E-state index in [1.165, 1.54) is 0 Å². The number of hydrogen-bond donors (Lipinski definition) is 1. The SMILES string of the molecule is CCNC(CCOCC(F)(F)F)COC(C)C. The average Bonchev–Trinajstić information content (AvgIpc) is 2.19. The van der Waals surface area contributed by atoms with Gasteiger partial charge in [-0.1, -0.05) is 6.92 Å². The number of likely N-dealkylation sites (N-methyl/N-ethyl adjacent to an activating group) is 1. The summed E-state index contributed by atoms with van der Waals surface area (Å²) in [4.78, 5) is 0. The Hall–Kier alpha value is -0.330. The van der Waals surface area contributed by atoms with Crippen LogP contribution in [-0.4, -0.2) is 44.7 Å². The monoisotopic (exact) mass is 257 g/mol. The molecule has 3 nitrogen and oxygen atoms in total. The van der Waals surface area contributed by atoms with Gasteiger partial charge in [0.15, 0.2) is 0 Å². The lowest BCUT2D eigenvalue weighted by molar-refractivity contribution is -0.174. The topological polar surface area (TPSA) is 30.5 Å². The van der Waals surface area contributed by atoms with Gasteiger partial charge in [-0.2, -0.15) is 13.2 Å². The molecule has 0 heterocycles. The van der Waals surface area contributed by atoms with Crippen LogP contribution in [0.15, 0.2) is 0 Å². The maximum absolute atomic E-state index is 11.8. The molecule has 0 rings (SSSR count). The Balaban J connectivity index is 3.69. The maximum atomic E-state index is 11.8. The second-order valence-corrected chi connectivity index (χ2v) is 4.09. The molecule has 0 saturated carbocycles. The van der Waals surface area contributed by atoms with Gasteiger partial charge in [0.05, 0.1) is 12.7 Å². The van der Waals surface area contributed by atoms with Crippen LogP contribution in [0.4, 0.5) is 13.2 Å². The minimum Gasteiger partial charge on any atom is -0.377 e. The van der Waals surface area contributed by atoms with E-state index in [1.807, 2.05) is 20.8 Å². The standard InChI is InChI=1S/C11H22F3NO2/c1-4-15-10(7-17-9(2)3)5-6-16-8-11(12,13)14/h9-10,15H,4-8H2,1-3H3. The third-order valence-electron chi connectivity index (χ3n) is 2.00. The summed E-state index contributed by atoms with van der Waals surface area (Å²) in [7, 11) is 0. The van der Waals surface area contributed by atoms with Crippen LogP contribution in [-0.2, 0) is 9.47 Å². The van der Waals surface area contributed by atoms with Crippen molar-refractivity contribution in [2.75, 3.05) is 26.4 Å². The van der Waals surface area contributed by atoms with Gasteiger partial charge in [-0.15, -0.1) is 0 Å². The molecule has 1 N–H and O–H groups in total. The van der Waals surface area contributed by atoms with Crippen LogP contribution >= 0.6 is 0 Å². The molecule has 0 aliphatic carbocycles. The lowest BCUT2D eigenvalue weighted by Gasteiger charge is -2.19. The highest BCUT2D eigenvalue weighted by atomic mass is 19.4. The van der Waals surface area contributed by atoms with Gasteiger partial charge in [0, 0.05) is 12.6 Å². The average molecular weight is 257 g/mol. The maximum Gasteiger partial charge on any atom is 0.411 e. The Morgan fingerprint density at radius 1 is 1.24 bits per heavy atom. The van der Waals surface area contributed by atoms with Crippen molar-refractivity contribution >= 4 is 0 Å². The first-order valence-corrected chi connectivity index (χ1v) is 5.84. The Morgan fingerprint density at radius 3 is 2.35 bits per heavy atom. The molecule has 0 spiro atoms. The first-order chi connectivity index (χ1) is 7.85. The molecule has 0 aromatic carbocycles. The molecule has 17 heavy (non-hydrogen) atoms. The van der Waals surface area contributed by atoms with Gasteiger partial charge in [-0.3, -0.25) is 0 Å². The van der Waals surface area contributed by atoms with Crippen LogP contribution in [0.5, 0.6) is 0 Å². The molecule has 0 aliphatic rings. The van der Waals surface area contributed by atoms with E-state index in [0.717, 1.165) is 6.54 Å². The van der Waals surface area contributed by atoms with Crippen LogP contribution in [0.1, 0.15) is 27.2 Å². The summed E-state index contributed by atoms with van der Waals surface area (Å²) in [5.74, 6) is 0. The summed E-state index contributed by atoms with van der Waals surface area (Å²) in [6.07, 6.45) is -3.62. The first kappa shape index (κ1) is 16.7. The van der Waals surface area contributed by atoms with E-state index in [2.05, 4.69) is 10.1 Å². The fourth-order valence-corrected chi connectivity index (χ4v) is 1.26. The van der Waals surface area contributed by atoms with Crippen LogP contribution in [0.2, 0.25) is 0 Å². The fourth-order valence-electron chi connectivity index (χ4n) is 1.26. The van der Waals surface area contributed by atoms with Crippen LogP contribution in [0.25, 0.3) is 0 Å². The van der Waals surface area contributed by atoms with Gasteiger partial charge in [-0.05, 0) is 26.8 Å². The second kappa shape index (κ2) is 8.72. The van der Waals surface area contributed by atoms with E-state index < -0.39 is 12.8 Å². The fraction of sp³-hybridized carbons (Fsp3) is 1.00. The molecule has 0 amide bonds. The predicted octanol–water partition coefficient (Wildman–Crippen LogP) is 2.36. The smallest absolute Gasteiger partial charge is 0.377 e. The molecule has 6 heteroatoms. The van der Waals surface area contributed by atoms with Crippen molar-refractivity contribution in [2.45, 2.75) is 45.5 Å². The number of nitrogens with one attached hydrogen (secondary N) is 1. The van der Waals surface area contributed by atoms with Crippen LogP contribution in [0, 0.1) is 0 Å². The zero-order chi connectivity index (χ0) is 13.3. The summed E-state index contributed by atoms with van der Waals surface area (Å²) in [5, 5.41) is 3.15. The van der Waals surface area contributed by atoms with Crippen molar-refractivity contribution in [3.63, 3.8) is 0 Å². The van der Waals surface area contributed by atoms with Gasteiger partial charge >= 0.3 is 6.18 Å². The molecule has 0 bridgehead atoms. The van der Waals surface area contributed by atoms with E-state index >= 15 is 0 Å². The molecule has 104 valence electrons. The number of alkyl halides is 3. The van der Waals surface area contributed by atoms with E-state index in [-0.39, 0.29) is 18.8 Å². The van der Waals surface area contributed by atoms with Gasteiger partial charge in [0.1, 0.15) is 6.61 Å². The van der Waals surface area contributed by atoms with Gasteiger partial charge in [-0.25, -0.2) is 0 Å². The summed E-state index contributed by atoms with van der Waals surface area (Å²) in [6.45, 7) is 5.92. The van der Waals surface area contributed by atoms with E-state index in [0.29, 0.717) is 13.0 Å². The van der Waals surface area contributed by atoms with E-state index in [1.54, 1.807) is 0 Å². The third kappa shape index (κ3) is 11.9. The summed E-state index contributed by atoms with van der Waals surface area (Å²) in [6, 6.07) is 0.0376.